The summed E-state index contributed by atoms with van der Waals surface area (Å²) >= 11 is 0. The van der Waals surface area contributed by atoms with Crippen LogP contribution in [0.4, 0.5) is 5.69 Å². The van der Waals surface area contributed by atoms with E-state index < -0.39 is 5.97 Å². The fraction of sp³-hybridized carbons (Fsp3) is 0.385. The number of nitrogens with two attached hydrogens (primary N) is 1. The van der Waals surface area contributed by atoms with Crippen molar-refractivity contribution in [2.75, 3.05) is 19.0 Å². The molecule has 5 heteroatoms. The van der Waals surface area contributed by atoms with Crippen LogP contribution in [-0.2, 0) is 9.53 Å². The Morgan fingerprint density at radius 2 is 2.11 bits per heavy atom. The minimum Gasteiger partial charge on any atom is -0.465 e. The normalized spacial score (nSPS) is 11.8. The molecular weight excluding hydrogens is 232 g/mol. The molecule has 5 nitrogen and oxygen atoms in total. The van der Waals surface area contributed by atoms with E-state index >= 15 is 0 Å². The first-order chi connectivity index (χ1) is 8.49. The van der Waals surface area contributed by atoms with E-state index in [2.05, 4.69) is 10.1 Å². The Morgan fingerprint density at radius 3 is 2.61 bits per heavy atom. The van der Waals surface area contributed by atoms with E-state index in [1.165, 1.54) is 7.11 Å². The molecule has 0 aliphatic carbocycles. The number of rotatable bonds is 4. The third kappa shape index (κ3) is 3.30. The number of amides is 1. The molecule has 0 aliphatic heterocycles. The number of carbonyl (C=O) groups excluding carboxylic acids is 2. The molecule has 3 N–H and O–H groups in total. The molecule has 1 atom stereocenters. The fourth-order valence-corrected chi connectivity index (χ4v) is 1.41. The molecule has 1 aromatic carbocycles. The highest BCUT2D eigenvalue weighted by atomic mass is 16.5. The van der Waals surface area contributed by atoms with Crippen LogP contribution in [0.3, 0.4) is 0 Å². The maximum absolute atomic E-state index is 11.7. The van der Waals surface area contributed by atoms with Gasteiger partial charge in [-0.1, -0.05) is 6.92 Å². The summed E-state index contributed by atoms with van der Waals surface area (Å²) in [5, 5.41) is 2.77. The summed E-state index contributed by atoms with van der Waals surface area (Å²) in [5.74, 6) is -0.776. The van der Waals surface area contributed by atoms with E-state index in [1.54, 1.807) is 25.1 Å². The maximum Gasteiger partial charge on any atom is 0.337 e. The Labute approximate surface area is 106 Å². The van der Waals surface area contributed by atoms with Crippen LogP contribution in [0.1, 0.15) is 22.8 Å². The number of carbonyl (C=O) groups is 2. The van der Waals surface area contributed by atoms with Crippen LogP contribution in [-0.4, -0.2) is 25.5 Å². The smallest absolute Gasteiger partial charge is 0.337 e. The maximum atomic E-state index is 11.7. The van der Waals surface area contributed by atoms with Crippen LogP contribution < -0.4 is 11.1 Å². The molecule has 0 saturated carbocycles. The Morgan fingerprint density at radius 1 is 1.44 bits per heavy atom. The average Bonchev–Trinajstić information content (AvgIpc) is 2.38. The summed E-state index contributed by atoms with van der Waals surface area (Å²) in [5.41, 5.74) is 7.36. The number of hydrogen-bond donors (Lipinski definition) is 2. The van der Waals surface area contributed by atoms with Gasteiger partial charge < -0.3 is 15.8 Å². The molecule has 0 spiro atoms. The molecule has 1 aromatic rings. The zero-order valence-electron chi connectivity index (χ0n) is 10.8. The van der Waals surface area contributed by atoms with Crippen LogP contribution in [0.15, 0.2) is 18.2 Å². The van der Waals surface area contributed by atoms with Gasteiger partial charge in [0, 0.05) is 18.2 Å². The van der Waals surface area contributed by atoms with Gasteiger partial charge in [-0.3, -0.25) is 4.79 Å². The average molecular weight is 250 g/mol. The van der Waals surface area contributed by atoms with Crippen LogP contribution in [0, 0.1) is 12.8 Å². The highest BCUT2D eigenvalue weighted by Gasteiger charge is 2.13. The molecular formula is C13H18N2O3. The van der Waals surface area contributed by atoms with Crippen molar-refractivity contribution in [2.24, 2.45) is 11.7 Å². The van der Waals surface area contributed by atoms with Gasteiger partial charge in [-0.15, -0.1) is 0 Å². The first kappa shape index (κ1) is 14.2. The van der Waals surface area contributed by atoms with Crippen molar-refractivity contribution in [3.8, 4) is 0 Å². The summed E-state index contributed by atoms with van der Waals surface area (Å²) in [4.78, 5) is 23.0. The van der Waals surface area contributed by atoms with Crippen LogP contribution in [0.2, 0.25) is 0 Å². The van der Waals surface area contributed by atoms with Crippen molar-refractivity contribution < 1.29 is 14.3 Å². The Kier molecular flexibility index (Phi) is 4.85. The number of ether oxygens (including phenoxy) is 1. The van der Waals surface area contributed by atoms with Crippen molar-refractivity contribution in [2.45, 2.75) is 13.8 Å². The van der Waals surface area contributed by atoms with E-state index in [4.69, 9.17) is 5.73 Å². The first-order valence-electron chi connectivity index (χ1n) is 5.69. The van der Waals surface area contributed by atoms with E-state index in [9.17, 15) is 9.59 Å². The number of hydrogen-bond acceptors (Lipinski definition) is 4. The summed E-state index contributed by atoms with van der Waals surface area (Å²) < 4.78 is 4.63. The number of benzene rings is 1. The van der Waals surface area contributed by atoms with Gasteiger partial charge in [0.15, 0.2) is 0 Å². The predicted molar refractivity (Wildman–Crippen MR) is 69.4 cm³/mol. The minimum absolute atomic E-state index is 0.133. The number of esters is 1. The first-order valence-corrected chi connectivity index (χ1v) is 5.69. The molecule has 98 valence electrons. The van der Waals surface area contributed by atoms with Gasteiger partial charge in [-0.05, 0) is 30.7 Å². The van der Waals surface area contributed by atoms with Gasteiger partial charge in [0.2, 0.25) is 5.91 Å². The Bertz CT molecular complexity index is 458. The number of aryl methyl sites for hydroxylation is 1. The van der Waals surface area contributed by atoms with Crippen LogP contribution in [0.25, 0.3) is 0 Å². The highest BCUT2D eigenvalue weighted by Crippen LogP contribution is 2.17. The van der Waals surface area contributed by atoms with E-state index in [0.717, 1.165) is 5.56 Å². The lowest BCUT2D eigenvalue weighted by molar-refractivity contribution is -0.119. The van der Waals surface area contributed by atoms with Crippen molar-refractivity contribution in [3.05, 3.63) is 29.3 Å². The number of nitrogens with one attached hydrogen (secondary N) is 1. The third-order valence-electron chi connectivity index (χ3n) is 2.71. The molecule has 0 heterocycles. The highest BCUT2D eigenvalue weighted by molar-refractivity contribution is 5.95. The standard InChI is InChI=1S/C13H18N2O3/c1-8-6-10(13(17)18-3)4-5-11(8)15-12(16)9(2)7-14/h4-6,9H,7,14H2,1-3H3,(H,15,16). The van der Waals surface area contributed by atoms with Crippen molar-refractivity contribution >= 4 is 17.6 Å². The lowest BCUT2D eigenvalue weighted by atomic mass is 10.1. The summed E-state index contributed by atoms with van der Waals surface area (Å²) in [6.07, 6.45) is 0. The molecule has 0 aromatic heterocycles. The second-order valence-corrected chi connectivity index (χ2v) is 4.15. The molecule has 1 amide bonds. The molecule has 0 aliphatic rings. The van der Waals surface area contributed by atoms with E-state index in [-0.39, 0.29) is 11.8 Å². The monoisotopic (exact) mass is 250 g/mol. The van der Waals surface area contributed by atoms with Crippen molar-refractivity contribution in [3.63, 3.8) is 0 Å². The van der Waals surface area contributed by atoms with Gasteiger partial charge in [-0.2, -0.15) is 0 Å². The topological polar surface area (TPSA) is 81.4 Å². The lowest BCUT2D eigenvalue weighted by Gasteiger charge is -2.12. The molecule has 0 bridgehead atoms. The SMILES string of the molecule is COC(=O)c1ccc(NC(=O)C(C)CN)c(C)c1. The van der Waals surface area contributed by atoms with Gasteiger partial charge in [0.25, 0.3) is 0 Å². The number of methoxy groups -OCH3 is 1. The molecule has 18 heavy (non-hydrogen) atoms. The predicted octanol–water partition coefficient (Wildman–Crippen LogP) is 1.31. The number of anilines is 1. The lowest BCUT2D eigenvalue weighted by Crippen LogP contribution is -2.27. The fourth-order valence-electron chi connectivity index (χ4n) is 1.41. The molecule has 0 saturated heterocycles. The largest absolute Gasteiger partial charge is 0.465 e. The zero-order valence-corrected chi connectivity index (χ0v) is 10.8. The minimum atomic E-state index is -0.397. The Hall–Kier alpha value is -1.88. The Balaban J connectivity index is 2.86. The van der Waals surface area contributed by atoms with E-state index in [0.29, 0.717) is 17.8 Å². The molecule has 1 rings (SSSR count). The van der Waals surface area contributed by atoms with Gasteiger partial charge in [0.05, 0.1) is 12.7 Å². The summed E-state index contributed by atoms with van der Waals surface area (Å²) in [7, 11) is 1.33. The van der Waals surface area contributed by atoms with Gasteiger partial charge in [0.1, 0.15) is 0 Å². The second kappa shape index (κ2) is 6.16. The van der Waals surface area contributed by atoms with Crippen molar-refractivity contribution in [1.82, 2.24) is 0 Å². The second-order valence-electron chi connectivity index (χ2n) is 4.15. The van der Waals surface area contributed by atoms with Crippen LogP contribution >= 0.6 is 0 Å². The molecule has 0 fully saturated rings. The summed E-state index contributed by atoms with van der Waals surface area (Å²) in [6.45, 7) is 3.87. The zero-order chi connectivity index (χ0) is 13.7. The molecule has 0 radical (unpaired) electrons. The van der Waals surface area contributed by atoms with Crippen molar-refractivity contribution in [1.29, 1.82) is 0 Å². The third-order valence-corrected chi connectivity index (χ3v) is 2.71. The molecule has 1 unspecified atom stereocenters. The van der Waals surface area contributed by atoms with E-state index in [1.807, 2.05) is 6.92 Å². The summed E-state index contributed by atoms with van der Waals surface area (Å²) in [6, 6.07) is 4.97. The quantitative estimate of drug-likeness (QED) is 0.789. The van der Waals surface area contributed by atoms with Gasteiger partial charge >= 0.3 is 5.97 Å². The van der Waals surface area contributed by atoms with Gasteiger partial charge in [-0.25, -0.2) is 4.79 Å². The van der Waals surface area contributed by atoms with Crippen LogP contribution in [0.5, 0.6) is 0 Å².